The van der Waals surface area contributed by atoms with Crippen LogP contribution < -0.4 is 5.32 Å². The van der Waals surface area contributed by atoms with Crippen LogP contribution in [0.3, 0.4) is 0 Å². The van der Waals surface area contributed by atoms with E-state index < -0.39 is 0 Å². The van der Waals surface area contributed by atoms with E-state index in [1.807, 2.05) is 0 Å². The number of aryl methyl sites for hydroxylation is 1. The van der Waals surface area contributed by atoms with Crippen molar-refractivity contribution in [3.63, 3.8) is 0 Å². The van der Waals surface area contributed by atoms with Crippen molar-refractivity contribution in [2.45, 2.75) is 64.1 Å². The monoisotopic (exact) mass is 272 g/mol. The maximum Gasteiger partial charge on any atom is 0.0249 e. The Balaban J connectivity index is 1.56. The molecule has 110 valence electrons. The first-order chi connectivity index (χ1) is 9.74. The predicted octanol–water partition coefficient (Wildman–Crippen LogP) is 3.14. The molecule has 3 atom stereocenters. The molecule has 0 amide bonds. The van der Waals surface area contributed by atoms with E-state index in [9.17, 15) is 0 Å². The molecule has 3 rings (SSSR count). The summed E-state index contributed by atoms with van der Waals surface area (Å²) in [4.78, 5) is 2.71. The molecule has 2 nitrogen and oxygen atoms in total. The summed E-state index contributed by atoms with van der Waals surface area (Å²) in [5, 5.41) is 3.91. The molecule has 0 aromatic heterocycles. The Labute approximate surface area is 123 Å². The standard InChI is InChI=1S/C18H28N2/c1-14-7-3-4-8-16(14)13-15(2)19-17-10-12-20-11-6-5-9-18(17)20/h3-4,7-8,15,17-19H,5-6,9-13H2,1-2H3. The Morgan fingerprint density at radius 1 is 1.20 bits per heavy atom. The average Bonchev–Trinajstić information content (AvgIpc) is 2.85. The molecule has 0 aliphatic carbocycles. The van der Waals surface area contributed by atoms with E-state index >= 15 is 0 Å². The topological polar surface area (TPSA) is 15.3 Å². The highest BCUT2D eigenvalue weighted by molar-refractivity contribution is 5.26. The third kappa shape index (κ3) is 3.07. The fourth-order valence-electron chi connectivity index (χ4n) is 4.04. The molecule has 2 heterocycles. The molecule has 2 aliphatic rings. The summed E-state index contributed by atoms with van der Waals surface area (Å²) in [6.45, 7) is 7.20. The normalized spacial score (nSPS) is 28.3. The zero-order chi connectivity index (χ0) is 13.9. The number of piperidine rings is 1. The molecule has 2 fully saturated rings. The van der Waals surface area contributed by atoms with Crippen molar-refractivity contribution in [1.29, 1.82) is 0 Å². The van der Waals surface area contributed by atoms with Gasteiger partial charge in [-0.15, -0.1) is 0 Å². The van der Waals surface area contributed by atoms with Crippen LogP contribution >= 0.6 is 0 Å². The molecule has 0 spiro atoms. The van der Waals surface area contributed by atoms with Crippen molar-refractivity contribution in [2.75, 3.05) is 13.1 Å². The minimum atomic E-state index is 0.572. The van der Waals surface area contributed by atoms with Gasteiger partial charge >= 0.3 is 0 Å². The van der Waals surface area contributed by atoms with E-state index in [0.717, 1.165) is 12.5 Å². The SMILES string of the molecule is Cc1ccccc1CC(C)NC1CCN2CCCCC12. The van der Waals surface area contributed by atoms with Gasteiger partial charge in [-0.3, -0.25) is 4.90 Å². The second kappa shape index (κ2) is 6.28. The van der Waals surface area contributed by atoms with Gasteiger partial charge in [-0.05, 0) is 57.2 Å². The van der Waals surface area contributed by atoms with Crippen LogP contribution in [-0.2, 0) is 6.42 Å². The number of nitrogens with zero attached hydrogens (tertiary/aromatic N) is 1. The van der Waals surface area contributed by atoms with Gasteiger partial charge in [-0.25, -0.2) is 0 Å². The maximum absolute atomic E-state index is 3.91. The Morgan fingerprint density at radius 2 is 2.05 bits per heavy atom. The second-order valence-electron chi connectivity index (χ2n) is 6.69. The van der Waals surface area contributed by atoms with Crippen LogP contribution in [0.5, 0.6) is 0 Å². The molecular formula is C18H28N2. The van der Waals surface area contributed by atoms with Crippen LogP contribution in [0.4, 0.5) is 0 Å². The molecule has 1 N–H and O–H groups in total. The third-order valence-corrected chi connectivity index (χ3v) is 5.14. The van der Waals surface area contributed by atoms with Crippen LogP contribution in [0.1, 0.15) is 43.7 Å². The number of benzene rings is 1. The maximum atomic E-state index is 3.91. The second-order valence-corrected chi connectivity index (χ2v) is 6.69. The van der Waals surface area contributed by atoms with E-state index in [4.69, 9.17) is 0 Å². The Kier molecular flexibility index (Phi) is 4.42. The number of rotatable bonds is 4. The third-order valence-electron chi connectivity index (χ3n) is 5.14. The molecule has 0 radical (unpaired) electrons. The summed E-state index contributed by atoms with van der Waals surface area (Å²) in [6, 6.07) is 10.9. The zero-order valence-electron chi connectivity index (χ0n) is 12.9. The minimum Gasteiger partial charge on any atom is -0.310 e. The molecular weight excluding hydrogens is 244 g/mol. The molecule has 0 bridgehead atoms. The van der Waals surface area contributed by atoms with E-state index in [1.165, 1.54) is 49.9 Å². The highest BCUT2D eigenvalue weighted by Crippen LogP contribution is 2.27. The van der Waals surface area contributed by atoms with Crippen LogP contribution in [0, 0.1) is 6.92 Å². The van der Waals surface area contributed by atoms with Gasteiger partial charge in [-0.1, -0.05) is 30.7 Å². The summed E-state index contributed by atoms with van der Waals surface area (Å²) >= 11 is 0. The molecule has 3 unspecified atom stereocenters. The fraction of sp³-hybridized carbons (Fsp3) is 0.667. The highest BCUT2D eigenvalue weighted by Gasteiger charge is 2.35. The van der Waals surface area contributed by atoms with Gasteiger partial charge < -0.3 is 5.32 Å². The molecule has 1 aromatic carbocycles. The molecule has 2 saturated heterocycles. The lowest BCUT2D eigenvalue weighted by atomic mass is 9.97. The first-order valence-corrected chi connectivity index (χ1v) is 8.28. The van der Waals surface area contributed by atoms with Gasteiger partial charge in [0, 0.05) is 24.7 Å². The van der Waals surface area contributed by atoms with Gasteiger partial charge in [0.2, 0.25) is 0 Å². The zero-order valence-corrected chi connectivity index (χ0v) is 12.9. The van der Waals surface area contributed by atoms with Gasteiger partial charge in [0.15, 0.2) is 0 Å². The number of fused-ring (bicyclic) bond motifs is 1. The van der Waals surface area contributed by atoms with Crippen LogP contribution in [0.25, 0.3) is 0 Å². The average molecular weight is 272 g/mol. The first-order valence-electron chi connectivity index (χ1n) is 8.28. The molecule has 0 saturated carbocycles. The summed E-state index contributed by atoms with van der Waals surface area (Å²) in [5.41, 5.74) is 2.91. The van der Waals surface area contributed by atoms with Crippen molar-refractivity contribution in [3.05, 3.63) is 35.4 Å². The minimum absolute atomic E-state index is 0.572. The van der Waals surface area contributed by atoms with E-state index in [0.29, 0.717) is 12.1 Å². The summed E-state index contributed by atoms with van der Waals surface area (Å²) < 4.78 is 0. The van der Waals surface area contributed by atoms with E-state index in [2.05, 4.69) is 48.3 Å². The summed E-state index contributed by atoms with van der Waals surface area (Å²) in [6.07, 6.45) is 6.71. The van der Waals surface area contributed by atoms with Crippen LogP contribution in [-0.4, -0.2) is 36.1 Å². The fourth-order valence-corrected chi connectivity index (χ4v) is 4.04. The Hall–Kier alpha value is -0.860. The van der Waals surface area contributed by atoms with Crippen molar-refractivity contribution in [1.82, 2.24) is 10.2 Å². The van der Waals surface area contributed by atoms with Crippen LogP contribution in [0.15, 0.2) is 24.3 Å². The highest BCUT2D eigenvalue weighted by atomic mass is 15.2. The lowest BCUT2D eigenvalue weighted by molar-refractivity contribution is 0.177. The summed E-state index contributed by atoms with van der Waals surface area (Å²) in [7, 11) is 0. The van der Waals surface area contributed by atoms with Gasteiger partial charge in [0.25, 0.3) is 0 Å². The Morgan fingerprint density at radius 3 is 2.90 bits per heavy atom. The largest absolute Gasteiger partial charge is 0.310 e. The quantitative estimate of drug-likeness (QED) is 0.906. The van der Waals surface area contributed by atoms with E-state index in [1.54, 1.807) is 0 Å². The van der Waals surface area contributed by atoms with Crippen molar-refractivity contribution in [2.24, 2.45) is 0 Å². The van der Waals surface area contributed by atoms with Gasteiger partial charge in [-0.2, -0.15) is 0 Å². The molecule has 1 aromatic rings. The lowest BCUT2D eigenvalue weighted by Gasteiger charge is -2.34. The smallest absolute Gasteiger partial charge is 0.0249 e. The summed E-state index contributed by atoms with van der Waals surface area (Å²) in [5.74, 6) is 0. The lowest BCUT2D eigenvalue weighted by Crippen LogP contribution is -2.48. The van der Waals surface area contributed by atoms with Crippen molar-refractivity contribution >= 4 is 0 Å². The first kappa shape index (κ1) is 14.1. The van der Waals surface area contributed by atoms with Crippen LogP contribution in [0.2, 0.25) is 0 Å². The molecule has 20 heavy (non-hydrogen) atoms. The molecule has 2 aliphatic heterocycles. The molecule has 2 heteroatoms. The van der Waals surface area contributed by atoms with Gasteiger partial charge in [0.05, 0.1) is 0 Å². The van der Waals surface area contributed by atoms with Gasteiger partial charge in [0.1, 0.15) is 0 Å². The number of hydrogen-bond donors (Lipinski definition) is 1. The van der Waals surface area contributed by atoms with Crippen molar-refractivity contribution in [3.8, 4) is 0 Å². The van der Waals surface area contributed by atoms with E-state index in [-0.39, 0.29) is 0 Å². The Bertz CT molecular complexity index is 443. The number of hydrogen-bond acceptors (Lipinski definition) is 2. The predicted molar refractivity (Wildman–Crippen MR) is 85.1 cm³/mol. The van der Waals surface area contributed by atoms with Crippen molar-refractivity contribution < 1.29 is 0 Å². The number of nitrogens with one attached hydrogen (secondary N) is 1.